The Labute approximate surface area is 154 Å². The van der Waals surface area contributed by atoms with Crippen molar-refractivity contribution < 1.29 is 9.90 Å². The molecule has 0 aromatic heterocycles. The molecule has 0 aliphatic heterocycles. The second kappa shape index (κ2) is 6.08. The highest BCUT2D eigenvalue weighted by atomic mass is 16.3. The van der Waals surface area contributed by atoms with Crippen LogP contribution < -0.4 is 0 Å². The van der Waals surface area contributed by atoms with E-state index < -0.39 is 5.60 Å². The van der Waals surface area contributed by atoms with Crippen molar-refractivity contribution in [3.05, 3.63) is 0 Å². The van der Waals surface area contributed by atoms with Crippen LogP contribution >= 0.6 is 0 Å². The van der Waals surface area contributed by atoms with Gasteiger partial charge in [-0.25, -0.2) is 0 Å². The largest absolute Gasteiger partial charge is 0.390 e. The minimum Gasteiger partial charge on any atom is -0.390 e. The highest BCUT2D eigenvalue weighted by Gasteiger charge is 2.58. The topological polar surface area (TPSA) is 37.3 Å². The van der Waals surface area contributed by atoms with Gasteiger partial charge in [-0.1, -0.05) is 20.8 Å². The molecule has 25 heavy (non-hydrogen) atoms. The zero-order valence-electron chi connectivity index (χ0n) is 16.8. The third-order valence-corrected chi connectivity index (χ3v) is 9.61. The number of ketones is 1. The van der Waals surface area contributed by atoms with E-state index in [2.05, 4.69) is 20.8 Å². The predicted octanol–water partition coefficient (Wildman–Crippen LogP) is 5.23. The zero-order valence-corrected chi connectivity index (χ0v) is 16.8. The van der Waals surface area contributed by atoms with E-state index in [1.165, 1.54) is 38.5 Å². The van der Waals surface area contributed by atoms with Gasteiger partial charge in [0, 0.05) is 5.92 Å². The highest BCUT2D eigenvalue weighted by molar-refractivity contribution is 5.79. The summed E-state index contributed by atoms with van der Waals surface area (Å²) in [6.45, 7) is 8.66. The lowest BCUT2D eigenvalue weighted by molar-refractivity contribution is -0.133. The van der Waals surface area contributed by atoms with E-state index in [9.17, 15) is 9.90 Å². The van der Waals surface area contributed by atoms with Crippen molar-refractivity contribution in [1.82, 2.24) is 0 Å². The minimum atomic E-state index is -0.412. The van der Waals surface area contributed by atoms with E-state index in [4.69, 9.17) is 0 Å². The van der Waals surface area contributed by atoms with Gasteiger partial charge in [0.25, 0.3) is 0 Å². The predicted molar refractivity (Wildman–Crippen MR) is 101 cm³/mol. The van der Waals surface area contributed by atoms with Crippen LogP contribution in [-0.2, 0) is 4.79 Å². The van der Waals surface area contributed by atoms with Crippen LogP contribution in [0, 0.1) is 46.8 Å². The third-order valence-electron chi connectivity index (χ3n) is 9.61. The maximum absolute atomic E-state index is 12.2. The molecule has 2 heteroatoms. The molecular formula is C23H38O2. The van der Waals surface area contributed by atoms with Gasteiger partial charge in [-0.05, 0) is 106 Å². The second-order valence-corrected chi connectivity index (χ2v) is 10.7. The van der Waals surface area contributed by atoms with Crippen molar-refractivity contribution in [3.63, 3.8) is 0 Å². The van der Waals surface area contributed by atoms with Crippen molar-refractivity contribution in [2.75, 3.05) is 0 Å². The summed E-state index contributed by atoms with van der Waals surface area (Å²) < 4.78 is 0. The molecule has 0 aromatic rings. The van der Waals surface area contributed by atoms with Gasteiger partial charge in [-0.2, -0.15) is 0 Å². The Bertz CT molecular complexity index is 540. The number of carbonyl (C=O) groups is 1. The van der Waals surface area contributed by atoms with Crippen LogP contribution in [0.4, 0.5) is 0 Å². The van der Waals surface area contributed by atoms with Crippen LogP contribution in [-0.4, -0.2) is 16.5 Å². The van der Waals surface area contributed by atoms with Crippen molar-refractivity contribution in [2.45, 2.75) is 91.1 Å². The first-order chi connectivity index (χ1) is 11.8. The lowest BCUT2D eigenvalue weighted by Gasteiger charge is -2.57. The number of hydrogen-bond acceptors (Lipinski definition) is 2. The van der Waals surface area contributed by atoms with Crippen molar-refractivity contribution >= 4 is 5.78 Å². The average Bonchev–Trinajstić information content (AvgIpc) is 2.91. The summed E-state index contributed by atoms with van der Waals surface area (Å²) in [5.41, 5.74) is -0.128. The molecule has 4 saturated carbocycles. The number of carbonyl (C=O) groups excluding carboxylic acids is 1. The minimum absolute atomic E-state index is 0.285. The molecule has 4 fully saturated rings. The van der Waals surface area contributed by atoms with Gasteiger partial charge in [-0.3, -0.25) is 4.79 Å². The molecule has 0 heterocycles. The van der Waals surface area contributed by atoms with Crippen LogP contribution in [0.15, 0.2) is 0 Å². The lowest BCUT2D eigenvalue weighted by Crippen LogP contribution is -2.52. The third kappa shape index (κ3) is 2.65. The normalized spacial score (nSPS) is 52.4. The summed E-state index contributed by atoms with van der Waals surface area (Å²) in [7, 11) is 0. The molecule has 0 saturated heterocycles. The molecule has 0 bridgehead atoms. The number of hydrogen-bond donors (Lipinski definition) is 1. The fraction of sp³-hybridized carbons (Fsp3) is 0.957. The first-order valence-electron chi connectivity index (χ1n) is 11.0. The van der Waals surface area contributed by atoms with Gasteiger partial charge >= 0.3 is 0 Å². The monoisotopic (exact) mass is 346 g/mol. The Balaban J connectivity index is 1.53. The molecule has 4 aliphatic carbocycles. The van der Waals surface area contributed by atoms with Gasteiger partial charge in [0.15, 0.2) is 0 Å². The summed E-state index contributed by atoms with van der Waals surface area (Å²) in [5.74, 6) is 5.26. The van der Waals surface area contributed by atoms with E-state index >= 15 is 0 Å². The van der Waals surface area contributed by atoms with E-state index in [1.54, 1.807) is 0 Å². The van der Waals surface area contributed by atoms with Gasteiger partial charge in [0.05, 0.1) is 5.60 Å². The van der Waals surface area contributed by atoms with Crippen LogP contribution in [0.5, 0.6) is 0 Å². The average molecular weight is 347 g/mol. The van der Waals surface area contributed by atoms with Crippen molar-refractivity contribution in [3.8, 4) is 0 Å². The summed E-state index contributed by atoms with van der Waals surface area (Å²) >= 11 is 0. The van der Waals surface area contributed by atoms with E-state index in [-0.39, 0.29) is 5.41 Å². The summed E-state index contributed by atoms with van der Waals surface area (Å²) in [4.78, 5) is 12.2. The van der Waals surface area contributed by atoms with Gasteiger partial charge in [0.2, 0.25) is 0 Å². The summed E-state index contributed by atoms with van der Waals surface area (Å²) in [5, 5.41) is 11.0. The van der Waals surface area contributed by atoms with Crippen LogP contribution in [0.1, 0.15) is 85.5 Å². The molecule has 1 N–H and O–H groups in total. The Hall–Kier alpha value is -0.370. The first-order valence-corrected chi connectivity index (χ1v) is 11.0. The molecule has 2 nitrogen and oxygen atoms in total. The lowest BCUT2D eigenvalue weighted by atomic mass is 9.48. The number of fused-ring (bicyclic) bond motifs is 5. The fourth-order valence-electron chi connectivity index (χ4n) is 8.10. The molecule has 4 rings (SSSR count). The Morgan fingerprint density at radius 1 is 0.960 bits per heavy atom. The molecule has 0 amide bonds. The molecule has 0 unspecified atom stereocenters. The molecule has 8 atom stereocenters. The number of rotatable bonds is 2. The molecule has 142 valence electrons. The Kier molecular flexibility index (Phi) is 4.38. The highest BCUT2D eigenvalue weighted by Crippen LogP contribution is 2.64. The molecule has 0 spiro atoms. The molecular weight excluding hydrogens is 308 g/mol. The molecule has 4 aliphatic rings. The number of aliphatic hydroxyl groups is 1. The van der Waals surface area contributed by atoms with Gasteiger partial charge in [0.1, 0.15) is 5.78 Å². The van der Waals surface area contributed by atoms with Crippen LogP contribution in [0.3, 0.4) is 0 Å². The SMILES string of the molecule is CC(=O)[C@H]1CC[C@H]2[C@@H]3CC[C@@H]4C[C@@](O)(C(C)C)CC[C@@H]4[C@H]3CC[C@]12C. The quantitative estimate of drug-likeness (QED) is 0.743. The fourth-order valence-corrected chi connectivity index (χ4v) is 8.10. The van der Waals surface area contributed by atoms with E-state index in [0.717, 1.165) is 48.9 Å². The van der Waals surface area contributed by atoms with Crippen molar-refractivity contribution in [1.29, 1.82) is 0 Å². The summed E-state index contributed by atoms with van der Waals surface area (Å²) in [6.07, 6.45) is 11.0. The zero-order chi connectivity index (χ0) is 18.0. The van der Waals surface area contributed by atoms with Crippen LogP contribution in [0.2, 0.25) is 0 Å². The molecule has 0 aromatic carbocycles. The number of Topliss-reactive ketones (excluding diaryl/α,β-unsaturated/α-hetero) is 1. The molecule has 0 radical (unpaired) electrons. The second-order valence-electron chi connectivity index (χ2n) is 10.7. The van der Waals surface area contributed by atoms with E-state index in [1.807, 2.05) is 6.92 Å². The Morgan fingerprint density at radius 3 is 2.36 bits per heavy atom. The standard InChI is InChI=1S/C23H38O2/c1-14(2)23(25)12-10-17-16(13-23)5-6-19-18(17)9-11-22(4)20(15(3)24)7-8-21(19)22/h14,16-21,25H,5-13H2,1-4H3/t16-,17+,18-,19-,20-,21+,22-,23-/m1/s1. The van der Waals surface area contributed by atoms with Crippen LogP contribution in [0.25, 0.3) is 0 Å². The van der Waals surface area contributed by atoms with Gasteiger partial charge < -0.3 is 5.11 Å². The van der Waals surface area contributed by atoms with E-state index in [0.29, 0.717) is 17.6 Å². The maximum atomic E-state index is 12.2. The summed E-state index contributed by atoms with van der Waals surface area (Å²) in [6, 6.07) is 0. The Morgan fingerprint density at radius 2 is 1.68 bits per heavy atom. The van der Waals surface area contributed by atoms with Gasteiger partial charge in [-0.15, -0.1) is 0 Å². The first kappa shape index (κ1) is 18.0. The van der Waals surface area contributed by atoms with Crippen molar-refractivity contribution in [2.24, 2.45) is 46.8 Å². The smallest absolute Gasteiger partial charge is 0.133 e. The maximum Gasteiger partial charge on any atom is 0.133 e.